The van der Waals surface area contributed by atoms with E-state index in [4.69, 9.17) is 11.5 Å². The third-order valence-corrected chi connectivity index (χ3v) is 5.94. The number of carbonyl (C=O) groups is 5. The fourth-order valence-corrected chi connectivity index (χ4v) is 3.29. The van der Waals surface area contributed by atoms with E-state index in [-0.39, 0.29) is 24.7 Å². The maximum absolute atomic E-state index is 13.2. The topological polar surface area (TPSA) is 222 Å². The zero-order valence-corrected chi connectivity index (χ0v) is 20.5. The standard InChI is InChI=1S/C22H37N7O6/c1-5-11(3)17(20(32)27-15(22(34)35)7-13-9-25-10-26-13)29-21(33)18(12(4)6-2)28-19(31)14(23)8-16(24)30/h9-12,14-15,17-18H,5-8,23H2,1-4H3,(H2,24,30)(H,25,26)(H,27,32)(H,28,31)(H,29,33)(H,34,35). The van der Waals surface area contributed by atoms with Gasteiger partial charge in [-0.15, -0.1) is 0 Å². The van der Waals surface area contributed by atoms with Crippen molar-refractivity contribution in [1.82, 2.24) is 25.9 Å². The number of rotatable bonds is 15. The van der Waals surface area contributed by atoms with E-state index in [1.54, 1.807) is 13.8 Å². The smallest absolute Gasteiger partial charge is 0.326 e. The molecule has 0 saturated heterocycles. The fourth-order valence-electron chi connectivity index (χ4n) is 3.29. The number of imidazole rings is 1. The zero-order chi connectivity index (χ0) is 26.7. The molecule has 196 valence electrons. The predicted octanol–water partition coefficient (Wildman–Crippen LogP) is -1.21. The molecule has 1 rings (SSSR count). The Balaban J connectivity index is 3.03. The quantitative estimate of drug-likeness (QED) is 0.156. The van der Waals surface area contributed by atoms with E-state index in [0.717, 1.165) is 0 Å². The number of carbonyl (C=O) groups excluding carboxylic acids is 4. The third-order valence-electron chi connectivity index (χ3n) is 5.94. The largest absolute Gasteiger partial charge is 0.480 e. The molecule has 0 fully saturated rings. The van der Waals surface area contributed by atoms with Crippen LogP contribution in [0.2, 0.25) is 0 Å². The normalized spacial score (nSPS) is 16.1. The van der Waals surface area contributed by atoms with Crippen LogP contribution >= 0.6 is 0 Å². The number of carboxylic acid groups (broad SMARTS) is 1. The summed E-state index contributed by atoms with van der Waals surface area (Å²) < 4.78 is 0. The molecule has 0 aromatic carbocycles. The van der Waals surface area contributed by atoms with Crippen molar-refractivity contribution < 1.29 is 29.1 Å². The van der Waals surface area contributed by atoms with Crippen LogP contribution in [0.1, 0.15) is 52.7 Å². The second-order valence-corrected chi connectivity index (χ2v) is 8.70. The monoisotopic (exact) mass is 495 g/mol. The summed E-state index contributed by atoms with van der Waals surface area (Å²) in [7, 11) is 0. The van der Waals surface area contributed by atoms with Gasteiger partial charge in [-0.1, -0.05) is 40.5 Å². The van der Waals surface area contributed by atoms with Gasteiger partial charge in [-0.25, -0.2) is 9.78 Å². The van der Waals surface area contributed by atoms with Crippen molar-refractivity contribution in [3.05, 3.63) is 18.2 Å². The molecule has 6 atom stereocenters. The van der Waals surface area contributed by atoms with Crippen LogP contribution < -0.4 is 27.4 Å². The minimum absolute atomic E-state index is 0.0223. The lowest BCUT2D eigenvalue weighted by Crippen LogP contribution is -2.60. The van der Waals surface area contributed by atoms with Crippen molar-refractivity contribution in [2.24, 2.45) is 23.3 Å². The number of nitrogens with one attached hydrogen (secondary N) is 4. The lowest BCUT2D eigenvalue weighted by Gasteiger charge is -2.30. The summed E-state index contributed by atoms with van der Waals surface area (Å²) in [6.45, 7) is 7.14. The van der Waals surface area contributed by atoms with E-state index >= 15 is 0 Å². The number of aliphatic carboxylic acids is 1. The second-order valence-electron chi connectivity index (χ2n) is 8.70. The number of carboxylic acids is 1. The first kappa shape index (κ1) is 29.6. The summed E-state index contributed by atoms with van der Waals surface area (Å²) in [6.07, 6.45) is 3.49. The SMILES string of the molecule is CCC(C)C(NC(=O)C(N)CC(N)=O)C(=O)NC(C(=O)NC(Cc1cnc[nH]1)C(=O)O)C(C)CC. The Morgan fingerprint density at radius 3 is 1.91 bits per heavy atom. The van der Waals surface area contributed by atoms with E-state index in [2.05, 4.69) is 25.9 Å². The Morgan fingerprint density at radius 1 is 0.971 bits per heavy atom. The Bertz CT molecular complexity index is 876. The number of hydrogen-bond donors (Lipinski definition) is 7. The van der Waals surface area contributed by atoms with Gasteiger partial charge in [0.1, 0.15) is 18.1 Å². The summed E-state index contributed by atoms with van der Waals surface area (Å²) in [5.74, 6) is -4.68. The Hall–Kier alpha value is -3.48. The van der Waals surface area contributed by atoms with Crippen LogP contribution in [0.25, 0.3) is 0 Å². The van der Waals surface area contributed by atoms with E-state index in [9.17, 15) is 29.1 Å². The molecule has 1 aromatic heterocycles. The van der Waals surface area contributed by atoms with Crippen molar-refractivity contribution in [1.29, 1.82) is 0 Å². The summed E-state index contributed by atoms with van der Waals surface area (Å²) in [5.41, 5.74) is 11.3. The lowest BCUT2D eigenvalue weighted by molar-refractivity contribution is -0.142. The van der Waals surface area contributed by atoms with Gasteiger partial charge in [0.15, 0.2) is 0 Å². The van der Waals surface area contributed by atoms with Crippen LogP contribution in [0.5, 0.6) is 0 Å². The van der Waals surface area contributed by atoms with Gasteiger partial charge >= 0.3 is 5.97 Å². The van der Waals surface area contributed by atoms with Gasteiger partial charge in [0, 0.05) is 18.3 Å². The van der Waals surface area contributed by atoms with Gasteiger partial charge in [-0.05, 0) is 11.8 Å². The highest BCUT2D eigenvalue weighted by molar-refractivity contribution is 5.95. The van der Waals surface area contributed by atoms with Gasteiger partial charge in [-0.3, -0.25) is 19.2 Å². The number of aromatic nitrogens is 2. The van der Waals surface area contributed by atoms with Crippen molar-refractivity contribution in [3.8, 4) is 0 Å². The number of amides is 4. The first-order valence-electron chi connectivity index (χ1n) is 11.6. The Kier molecular flexibility index (Phi) is 11.9. The van der Waals surface area contributed by atoms with Gasteiger partial charge in [0.2, 0.25) is 23.6 Å². The number of primary amides is 1. The van der Waals surface area contributed by atoms with E-state index in [1.165, 1.54) is 12.5 Å². The van der Waals surface area contributed by atoms with Crippen molar-refractivity contribution in [2.75, 3.05) is 0 Å². The first-order chi connectivity index (χ1) is 16.4. The minimum atomic E-state index is -1.25. The fraction of sp³-hybridized carbons (Fsp3) is 0.636. The van der Waals surface area contributed by atoms with E-state index in [1.807, 2.05) is 13.8 Å². The van der Waals surface area contributed by atoms with Crippen molar-refractivity contribution in [3.63, 3.8) is 0 Å². The van der Waals surface area contributed by atoms with Crippen LogP contribution in [0, 0.1) is 11.8 Å². The molecule has 0 saturated carbocycles. The predicted molar refractivity (Wildman–Crippen MR) is 126 cm³/mol. The molecular weight excluding hydrogens is 458 g/mol. The number of nitrogens with zero attached hydrogens (tertiary/aromatic N) is 1. The van der Waals surface area contributed by atoms with Gasteiger partial charge in [-0.2, -0.15) is 0 Å². The highest BCUT2D eigenvalue weighted by atomic mass is 16.4. The zero-order valence-electron chi connectivity index (χ0n) is 20.5. The molecule has 0 aliphatic heterocycles. The Morgan fingerprint density at radius 2 is 1.49 bits per heavy atom. The van der Waals surface area contributed by atoms with Crippen LogP contribution in [-0.2, 0) is 30.4 Å². The highest BCUT2D eigenvalue weighted by Crippen LogP contribution is 2.13. The molecule has 0 spiro atoms. The van der Waals surface area contributed by atoms with E-state index in [0.29, 0.717) is 18.5 Å². The molecule has 13 heteroatoms. The number of H-pyrrole nitrogens is 1. The number of hydrogen-bond acceptors (Lipinski definition) is 7. The average molecular weight is 496 g/mol. The maximum Gasteiger partial charge on any atom is 0.326 e. The van der Waals surface area contributed by atoms with Crippen LogP contribution in [0.15, 0.2) is 12.5 Å². The van der Waals surface area contributed by atoms with E-state index < -0.39 is 53.8 Å². The molecular formula is C22H37N7O6. The highest BCUT2D eigenvalue weighted by Gasteiger charge is 2.34. The molecule has 6 unspecified atom stereocenters. The molecule has 4 amide bonds. The number of nitrogens with two attached hydrogens (primary N) is 2. The molecule has 0 radical (unpaired) electrons. The summed E-state index contributed by atoms with van der Waals surface area (Å²) >= 11 is 0. The molecule has 1 heterocycles. The first-order valence-corrected chi connectivity index (χ1v) is 11.6. The van der Waals surface area contributed by atoms with Crippen molar-refractivity contribution in [2.45, 2.75) is 77.5 Å². The van der Waals surface area contributed by atoms with Gasteiger partial charge < -0.3 is 37.5 Å². The lowest BCUT2D eigenvalue weighted by atomic mass is 9.94. The molecule has 1 aromatic rings. The third kappa shape index (κ3) is 9.35. The van der Waals surface area contributed by atoms with Crippen molar-refractivity contribution >= 4 is 29.6 Å². The minimum Gasteiger partial charge on any atom is -0.480 e. The molecule has 0 aliphatic rings. The Labute approximate surface area is 204 Å². The van der Waals surface area contributed by atoms with Gasteiger partial charge in [0.05, 0.1) is 18.8 Å². The van der Waals surface area contributed by atoms with Crippen LogP contribution in [0.4, 0.5) is 0 Å². The van der Waals surface area contributed by atoms with Gasteiger partial charge in [0.25, 0.3) is 0 Å². The summed E-state index contributed by atoms with van der Waals surface area (Å²) in [6, 6.07) is -4.56. The molecule has 13 nitrogen and oxygen atoms in total. The molecule has 0 aliphatic carbocycles. The summed E-state index contributed by atoms with van der Waals surface area (Å²) in [4.78, 5) is 68.1. The molecule has 35 heavy (non-hydrogen) atoms. The molecule has 9 N–H and O–H groups in total. The average Bonchev–Trinajstić information content (AvgIpc) is 3.31. The number of aromatic amines is 1. The summed E-state index contributed by atoms with van der Waals surface area (Å²) in [5, 5.41) is 17.2. The van der Waals surface area contributed by atoms with Crippen LogP contribution in [0.3, 0.4) is 0 Å². The maximum atomic E-state index is 13.2. The molecule has 0 bridgehead atoms. The second kappa shape index (κ2) is 14.0. The van der Waals surface area contributed by atoms with Crippen LogP contribution in [-0.4, -0.2) is 68.8 Å².